The average Bonchev–Trinajstić information content (AvgIpc) is 2.86. The summed E-state index contributed by atoms with van der Waals surface area (Å²) in [5.41, 5.74) is 0.896. The van der Waals surface area contributed by atoms with Crippen LogP contribution >= 0.6 is 11.3 Å². The lowest BCUT2D eigenvalue weighted by Crippen LogP contribution is -2.28. The van der Waals surface area contributed by atoms with E-state index >= 15 is 0 Å². The Balaban J connectivity index is 2.68. The second-order valence-electron chi connectivity index (χ2n) is 4.93. The fourth-order valence-corrected chi connectivity index (χ4v) is 3.42. The number of para-hydroxylation sites is 1. The maximum atomic E-state index is 12.1. The largest absolute Gasteiger partial charge is 0.467 e. The Kier molecular flexibility index (Phi) is 5.49. The number of benzene rings is 1. The third-order valence-corrected chi connectivity index (χ3v) is 4.42. The quantitative estimate of drug-likeness (QED) is 0.796. The molecule has 1 unspecified atom stereocenters. The van der Waals surface area contributed by atoms with Crippen LogP contribution in [0.2, 0.25) is 0 Å². The van der Waals surface area contributed by atoms with Gasteiger partial charge in [-0.1, -0.05) is 37.3 Å². The van der Waals surface area contributed by atoms with E-state index in [0.29, 0.717) is 17.6 Å². The van der Waals surface area contributed by atoms with Gasteiger partial charge in [0.2, 0.25) is 5.91 Å². The van der Waals surface area contributed by atoms with E-state index in [1.165, 1.54) is 18.4 Å². The van der Waals surface area contributed by atoms with E-state index in [4.69, 9.17) is 4.74 Å². The number of thiazole rings is 1. The van der Waals surface area contributed by atoms with Crippen molar-refractivity contribution in [2.45, 2.75) is 39.2 Å². The van der Waals surface area contributed by atoms with E-state index in [-0.39, 0.29) is 11.9 Å². The first kappa shape index (κ1) is 16.4. The number of rotatable bonds is 5. The number of ether oxygens (including phenoxy) is 1. The van der Waals surface area contributed by atoms with Crippen molar-refractivity contribution in [3.05, 3.63) is 29.1 Å². The molecule has 0 radical (unpaired) electrons. The van der Waals surface area contributed by atoms with E-state index in [2.05, 4.69) is 4.99 Å². The molecule has 0 aliphatic heterocycles. The van der Waals surface area contributed by atoms with Crippen molar-refractivity contribution in [1.29, 1.82) is 0 Å². The molecule has 22 heavy (non-hydrogen) atoms. The van der Waals surface area contributed by atoms with Crippen molar-refractivity contribution in [2.24, 2.45) is 4.99 Å². The van der Waals surface area contributed by atoms with Crippen molar-refractivity contribution in [2.75, 3.05) is 7.11 Å². The van der Waals surface area contributed by atoms with Gasteiger partial charge in [-0.3, -0.25) is 4.79 Å². The SMILES string of the molecule is CCCC(=O)N=c1sc2ccccc2n1C(CC)C(=O)OC. The molecule has 0 fully saturated rings. The highest BCUT2D eigenvalue weighted by Gasteiger charge is 2.23. The van der Waals surface area contributed by atoms with Crippen LogP contribution in [0.5, 0.6) is 0 Å². The minimum atomic E-state index is -0.477. The predicted molar refractivity (Wildman–Crippen MR) is 86.6 cm³/mol. The Morgan fingerprint density at radius 1 is 1.32 bits per heavy atom. The van der Waals surface area contributed by atoms with Crippen molar-refractivity contribution in [3.8, 4) is 0 Å². The molecule has 2 aromatic rings. The number of hydrogen-bond acceptors (Lipinski definition) is 4. The molecule has 118 valence electrons. The zero-order valence-corrected chi connectivity index (χ0v) is 13.9. The van der Waals surface area contributed by atoms with E-state index < -0.39 is 6.04 Å². The van der Waals surface area contributed by atoms with Crippen LogP contribution in [0.4, 0.5) is 0 Å². The van der Waals surface area contributed by atoms with Crippen LogP contribution in [-0.4, -0.2) is 23.6 Å². The topological polar surface area (TPSA) is 60.7 Å². The molecule has 0 aliphatic rings. The van der Waals surface area contributed by atoms with Crippen molar-refractivity contribution >= 4 is 33.4 Å². The lowest BCUT2D eigenvalue weighted by Gasteiger charge is -2.15. The molecule has 0 N–H and O–H groups in total. The molecule has 0 spiro atoms. The minimum Gasteiger partial charge on any atom is -0.467 e. The van der Waals surface area contributed by atoms with Gasteiger partial charge in [0.15, 0.2) is 4.80 Å². The summed E-state index contributed by atoms with van der Waals surface area (Å²) < 4.78 is 7.71. The number of amides is 1. The third-order valence-electron chi connectivity index (χ3n) is 3.39. The zero-order chi connectivity index (χ0) is 16.1. The summed E-state index contributed by atoms with van der Waals surface area (Å²) >= 11 is 1.42. The van der Waals surface area contributed by atoms with Gasteiger partial charge in [-0.25, -0.2) is 4.79 Å². The van der Waals surface area contributed by atoms with E-state index in [9.17, 15) is 9.59 Å². The van der Waals surface area contributed by atoms with Crippen LogP contribution in [-0.2, 0) is 14.3 Å². The van der Waals surface area contributed by atoms with Gasteiger partial charge in [0.25, 0.3) is 0 Å². The van der Waals surface area contributed by atoms with Gasteiger partial charge in [-0.2, -0.15) is 4.99 Å². The van der Waals surface area contributed by atoms with Crippen LogP contribution in [0.25, 0.3) is 10.2 Å². The van der Waals surface area contributed by atoms with Crippen LogP contribution in [0, 0.1) is 0 Å². The number of nitrogens with zero attached hydrogens (tertiary/aromatic N) is 2. The molecule has 1 amide bonds. The van der Waals surface area contributed by atoms with Gasteiger partial charge in [-0.05, 0) is 25.0 Å². The highest BCUT2D eigenvalue weighted by molar-refractivity contribution is 7.16. The van der Waals surface area contributed by atoms with Crippen LogP contribution in [0.3, 0.4) is 0 Å². The number of carbonyl (C=O) groups is 2. The maximum Gasteiger partial charge on any atom is 0.328 e. The predicted octanol–water partition coefficient (Wildman–Crippen LogP) is 3.05. The number of esters is 1. The molecular formula is C16H20N2O3S. The second-order valence-corrected chi connectivity index (χ2v) is 5.93. The van der Waals surface area contributed by atoms with Gasteiger partial charge in [0, 0.05) is 6.42 Å². The molecule has 0 bridgehead atoms. The van der Waals surface area contributed by atoms with Gasteiger partial charge in [0.1, 0.15) is 6.04 Å². The third kappa shape index (κ3) is 3.27. The van der Waals surface area contributed by atoms with E-state index in [1.807, 2.05) is 42.7 Å². The minimum absolute atomic E-state index is 0.164. The average molecular weight is 320 g/mol. The van der Waals surface area contributed by atoms with E-state index in [1.54, 1.807) is 0 Å². The normalized spacial score (nSPS) is 13.3. The molecule has 1 atom stereocenters. The van der Waals surface area contributed by atoms with Crippen LogP contribution < -0.4 is 4.80 Å². The molecule has 5 nitrogen and oxygen atoms in total. The van der Waals surface area contributed by atoms with Crippen molar-refractivity contribution < 1.29 is 14.3 Å². The number of fused-ring (bicyclic) bond motifs is 1. The second kappa shape index (κ2) is 7.35. The fraction of sp³-hybridized carbons (Fsp3) is 0.438. The standard InChI is InChI=1S/C16H20N2O3S/c1-4-8-14(19)17-16-18(11(5-2)15(20)21-3)12-9-6-7-10-13(12)22-16/h6-7,9-11H,4-5,8H2,1-3H3. The summed E-state index contributed by atoms with van der Waals surface area (Å²) in [6.45, 7) is 3.86. The van der Waals surface area contributed by atoms with E-state index in [0.717, 1.165) is 16.6 Å². The lowest BCUT2D eigenvalue weighted by molar-refractivity contribution is -0.144. The Labute approximate surface area is 133 Å². The maximum absolute atomic E-state index is 12.1. The molecule has 0 aliphatic carbocycles. The molecular weight excluding hydrogens is 300 g/mol. The molecule has 1 aromatic carbocycles. The first-order valence-electron chi connectivity index (χ1n) is 7.37. The fourth-order valence-electron chi connectivity index (χ4n) is 2.34. The van der Waals surface area contributed by atoms with Gasteiger partial charge < -0.3 is 9.30 Å². The van der Waals surface area contributed by atoms with Gasteiger partial charge in [0.05, 0.1) is 17.3 Å². The summed E-state index contributed by atoms with van der Waals surface area (Å²) in [7, 11) is 1.37. The monoisotopic (exact) mass is 320 g/mol. The summed E-state index contributed by atoms with van der Waals surface area (Å²) in [5, 5.41) is 0. The lowest BCUT2D eigenvalue weighted by atomic mass is 10.2. The van der Waals surface area contributed by atoms with Crippen molar-refractivity contribution in [1.82, 2.24) is 4.57 Å². The number of hydrogen-bond donors (Lipinski definition) is 0. The summed E-state index contributed by atoms with van der Waals surface area (Å²) in [6, 6.07) is 7.26. The highest BCUT2D eigenvalue weighted by Crippen LogP contribution is 2.23. The molecule has 1 aromatic heterocycles. The first-order valence-corrected chi connectivity index (χ1v) is 8.19. The molecule has 6 heteroatoms. The smallest absolute Gasteiger partial charge is 0.328 e. The molecule has 2 rings (SSSR count). The Bertz CT molecular complexity index is 745. The number of aromatic nitrogens is 1. The number of methoxy groups -OCH3 is 1. The molecule has 1 heterocycles. The Morgan fingerprint density at radius 3 is 2.68 bits per heavy atom. The summed E-state index contributed by atoms with van der Waals surface area (Å²) in [6.07, 6.45) is 1.73. The zero-order valence-electron chi connectivity index (χ0n) is 13.0. The highest BCUT2D eigenvalue weighted by atomic mass is 32.1. The molecule has 0 saturated heterocycles. The van der Waals surface area contributed by atoms with Crippen LogP contribution in [0.15, 0.2) is 29.3 Å². The number of carbonyl (C=O) groups excluding carboxylic acids is 2. The van der Waals surface area contributed by atoms with Gasteiger partial charge in [-0.15, -0.1) is 0 Å². The molecule has 0 saturated carbocycles. The van der Waals surface area contributed by atoms with Gasteiger partial charge >= 0.3 is 5.97 Å². The summed E-state index contributed by atoms with van der Waals surface area (Å²) in [4.78, 5) is 28.7. The van der Waals surface area contributed by atoms with Crippen molar-refractivity contribution in [3.63, 3.8) is 0 Å². The Morgan fingerprint density at radius 2 is 2.05 bits per heavy atom. The Hall–Kier alpha value is -1.95. The summed E-state index contributed by atoms with van der Waals surface area (Å²) in [5.74, 6) is -0.488. The van der Waals surface area contributed by atoms with Crippen LogP contribution in [0.1, 0.15) is 39.2 Å². The first-order chi connectivity index (χ1) is 10.6.